The highest BCUT2D eigenvalue weighted by Crippen LogP contribution is 2.18. The number of ether oxygens (including phenoxy) is 2. The Morgan fingerprint density at radius 3 is 2.78 bits per heavy atom. The number of carbonyl (C=O) groups excluding carboxylic acids is 2. The summed E-state index contributed by atoms with van der Waals surface area (Å²) >= 11 is 0. The lowest BCUT2D eigenvalue weighted by Gasteiger charge is -2.15. The fraction of sp³-hybridized carbons (Fsp3) is 0.250. The summed E-state index contributed by atoms with van der Waals surface area (Å²) in [6, 6.07) is 1.74. The van der Waals surface area contributed by atoms with Gasteiger partial charge in [-0.25, -0.2) is 4.79 Å². The molecule has 0 saturated heterocycles. The smallest absolute Gasteiger partial charge is 0.351 e. The van der Waals surface area contributed by atoms with Gasteiger partial charge in [-0.2, -0.15) is 5.26 Å². The van der Waals surface area contributed by atoms with Gasteiger partial charge >= 0.3 is 11.9 Å². The molecule has 1 rings (SSSR count). The minimum Gasteiger partial charge on any atom is -0.462 e. The standard InChI is InChI=1S/C12H12N2O4/c1-3-17-12(16)9(7-13)11-10(18-8(2)15)5-4-6-14-11/h4-6,14H,3H2,1-2H3/b11-9-. The number of carbonyl (C=O) groups is 2. The maximum Gasteiger partial charge on any atom is 0.351 e. The van der Waals surface area contributed by atoms with Gasteiger partial charge in [-0.1, -0.05) is 0 Å². The van der Waals surface area contributed by atoms with Crippen LogP contribution in [0.5, 0.6) is 0 Å². The normalized spacial score (nSPS) is 15.9. The molecule has 1 heterocycles. The Labute approximate surface area is 104 Å². The largest absolute Gasteiger partial charge is 0.462 e. The van der Waals surface area contributed by atoms with Gasteiger partial charge in [0.1, 0.15) is 11.8 Å². The Hall–Kier alpha value is -2.55. The van der Waals surface area contributed by atoms with Crippen LogP contribution in [0, 0.1) is 11.3 Å². The molecular formula is C12H12N2O4. The molecule has 1 N–H and O–H groups in total. The van der Waals surface area contributed by atoms with Crippen molar-refractivity contribution < 1.29 is 19.1 Å². The molecule has 0 atom stereocenters. The second-order valence-electron chi connectivity index (χ2n) is 3.21. The molecule has 94 valence electrons. The molecule has 6 heteroatoms. The van der Waals surface area contributed by atoms with Crippen LogP contribution in [0.1, 0.15) is 13.8 Å². The summed E-state index contributed by atoms with van der Waals surface area (Å²) in [6.45, 7) is 3.02. The molecule has 0 spiro atoms. The first kappa shape index (κ1) is 13.5. The Balaban J connectivity index is 3.13. The molecule has 6 nitrogen and oxygen atoms in total. The number of allylic oxidation sites excluding steroid dienone is 2. The topological polar surface area (TPSA) is 88.4 Å². The van der Waals surface area contributed by atoms with Gasteiger partial charge in [-0.3, -0.25) is 4.79 Å². The highest BCUT2D eigenvalue weighted by molar-refractivity contribution is 5.94. The van der Waals surface area contributed by atoms with Gasteiger partial charge in [-0.05, 0) is 19.1 Å². The molecule has 18 heavy (non-hydrogen) atoms. The molecule has 0 saturated carbocycles. The Bertz CT molecular complexity index is 495. The van der Waals surface area contributed by atoms with Crippen molar-refractivity contribution in [1.82, 2.24) is 5.32 Å². The zero-order chi connectivity index (χ0) is 13.5. The third kappa shape index (κ3) is 3.22. The van der Waals surface area contributed by atoms with Crippen LogP contribution >= 0.6 is 0 Å². The van der Waals surface area contributed by atoms with Crippen molar-refractivity contribution in [1.29, 1.82) is 5.26 Å². The molecule has 1 aliphatic rings. The van der Waals surface area contributed by atoms with E-state index < -0.39 is 11.9 Å². The van der Waals surface area contributed by atoms with E-state index in [-0.39, 0.29) is 23.6 Å². The summed E-state index contributed by atoms with van der Waals surface area (Å²) in [6.07, 6.45) is 4.57. The first-order valence-electron chi connectivity index (χ1n) is 5.23. The average molecular weight is 248 g/mol. The predicted octanol–water partition coefficient (Wildman–Crippen LogP) is 0.891. The Morgan fingerprint density at radius 1 is 1.50 bits per heavy atom. The van der Waals surface area contributed by atoms with Gasteiger partial charge in [0.15, 0.2) is 11.3 Å². The van der Waals surface area contributed by atoms with E-state index >= 15 is 0 Å². The number of rotatable bonds is 3. The van der Waals surface area contributed by atoms with Gasteiger partial charge in [-0.15, -0.1) is 0 Å². The van der Waals surface area contributed by atoms with E-state index in [0.717, 1.165) is 0 Å². The van der Waals surface area contributed by atoms with Crippen molar-refractivity contribution >= 4 is 11.9 Å². The number of esters is 2. The summed E-state index contributed by atoms with van der Waals surface area (Å²) in [4.78, 5) is 22.5. The number of dihydropyridines is 1. The van der Waals surface area contributed by atoms with Crippen LogP contribution in [0.15, 0.2) is 35.4 Å². The number of nitrogens with zero attached hydrogens (tertiary/aromatic N) is 1. The van der Waals surface area contributed by atoms with Gasteiger partial charge < -0.3 is 14.8 Å². The molecule has 0 aromatic rings. The first-order valence-corrected chi connectivity index (χ1v) is 5.23. The highest BCUT2D eigenvalue weighted by Gasteiger charge is 2.22. The molecule has 0 unspecified atom stereocenters. The molecular weight excluding hydrogens is 236 g/mol. The quantitative estimate of drug-likeness (QED) is 0.453. The third-order valence-electron chi connectivity index (χ3n) is 1.91. The maximum atomic E-state index is 11.6. The van der Waals surface area contributed by atoms with E-state index in [1.807, 2.05) is 0 Å². The van der Waals surface area contributed by atoms with Gasteiger partial charge in [0, 0.05) is 13.1 Å². The zero-order valence-corrected chi connectivity index (χ0v) is 10.0. The van der Waals surface area contributed by atoms with E-state index in [1.54, 1.807) is 19.1 Å². The van der Waals surface area contributed by atoms with Gasteiger partial charge in [0.05, 0.1) is 6.61 Å². The van der Waals surface area contributed by atoms with Crippen LogP contribution in [-0.4, -0.2) is 18.5 Å². The molecule has 0 radical (unpaired) electrons. The van der Waals surface area contributed by atoms with Crippen molar-refractivity contribution in [3.05, 3.63) is 35.4 Å². The zero-order valence-electron chi connectivity index (χ0n) is 10.0. The average Bonchev–Trinajstić information content (AvgIpc) is 2.32. The SMILES string of the molecule is CCOC(=O)/C(C#N)=C1\NC=CC=C1OC(C)=O. The number of hydrogen-bond acceptors (Lipinski definition) is 6. The Kier molecular flexibility index (Phi) is 4.69. The first-order chi connectivity index (χ1) is 8.60. The molecule has 0 amide bonds. The van der Waals surface area contributed by atoms with Crippen LogP contribution in [0.25, 0.3) is 0 Å². The summed E-state index contributed by atoms with van der Waals surface area (Å²) in [5.41, 5.74) is -0.123. The molecule has 0 aliphatic carbocycles. The predicted molar refractivity (Wildman–Crippen MR) is 61.4 cm³/mol. The van der Waals surface area contributed by atoms with Crippen LogP contribution in [0.2, 0.25) is 0 Å². The van der Waals surface area contributed by atoms with Crippen LogP contribution < -0.4 is 5.32 Å². The van der Waals surface area contributed by atoms with E-state index in [9.17, 15) is 9.59 Å². The summed E-state index contributed by atoms with van der Waals surface area (Å²) in [7, 11) is 0. The van der Waals surface area contributed by atoms with Crippen LogP contribution in [-0.2, 0) is 19.1 Å². The van der Waals surface area contributed by atoms with E-state index in [2.05, 4.69) is 5.32 Å². The fourth-order valence-electron chi connectivity index (χ4n) is 1.26. The monoisotopic (exact) mass is 248 g/mol. The third-order valence-corrected chi connectivity index (χ3v) is 1.91. The van der Waals surface area contributed by atoms with Crippen molar-refractivity contribution in [2.75, 3.05) is 6.61 Å². The van der Waals surface area contributed by atoms with E-state index in [1.165, 1.54) is 19.2 Å². The highest BCUT2D eigenvalue weighted by atomic mass is 16.5. The fourth-order valence-corrected chi connectivity index (χ4v) is 1.26. The number of nitriles is 1. The molecule has 0 bridgehead atoms. The van der Waals surface area contributed by atoms with E-state index in [0.29, 0.717) is 0 Å². The van der Waals surface area contributed by atoms with Crippen molar-refractivity contribution in [2.24, 2.45) is 0 Å². The Morgan fingerprint density at radius 2 is 2.22 bits per heavy atom. The van der Waals surface area contributed by atoms with Crippen molar-refractivity contribution in [3.8, 4) is 6.07 Å². The summed E-state index contributed by atoms with van der Waals surface area (Å²) in [5.74, 6) is -1.21. The molecule has 1 aliphatic heterocycles. The summed E-state index contributed by atoms with van der Waals surface area (Å²) in [5, 5.41) is 11.7. The van der Waals surface area contributed by atoms with Gasteiger partial charge in [0.2, 0.25) is 0 Å². The van der Waals surface area contributed by atoms with Gasteiger partial charge in [0.25, 0.3) is 0 Å². The van der Waals surface area contributed by atoms with Crippen LogP contribution in [0.4, 0.5) is 0 Å². The van der Waals surface area contributed by atoms with Crippen molar-refractivity contribution in [3.63, 3.8) is 0 Å². The second kappa shape index (κ2) is 6.25. The number of hydrogen-bond donors (Lipinski definition) is 1. The minimum atomic E-state index is -0.768. The number of nitrogens with one attached hydrogen (secondary N) is 1. The van der Waals surface area contributed by atoms with Crippen molar-refractivity contribution in [2.45, 2.75) is 13.8 Å². The molecule has 0 fully saturated rings. The second-order valence-corrected chi connectivity index (χ2v) is 3.21. The van der Waals surface area contributed by atoms with E-state index in [4.69, 9.17) is 14.7 Å². The maximum absolute atomic E-state index is 11.6. The molecule has 0 aromatic heterocycles. The lowest BCUT2D eigenvalue weighted by molar-refractivity contribution is -0.139. The minimum absolute atomic E-state index is 0.106. The lowest BCUT2D eigenvalue weighted by atomic mass is 10.1. The molecule has 0 aromatic carbocycles. The summed E-state index contributed by atoms with van der Waals surface area (Å²) < 4.78 is 9.66. The lowest BCUT2D eigenvalue weighted by Crippen LogP contribution is -2.20. The van der Waals surface area contributed by atoms with Crippen LogP contribution in [0.3, 0.4) is 0 Å².